The van der Waals surface area contributed by atoms with Crippen molar-refractivity contribution in [1.82, 2.24) is 0 Å². The van der Waals surface area contributed by atoms with Gasteiger partial charge < -0.3 is 0 Å². The Morgan fingerprint density at radius 1 is 1.19 bits per heavy atom. The van der Waals surface area contributed by atoms with Gasteiger partial charge in [-0.2, -0.15) is 0 Å². The highest BCUT2D eigenvalue weighted by Crippen LogP contribution is 2.73. The molecule has 0 aromatic rings. The number of hydrogen-bond acceptors (Lipinski definition) is 1. The van der Waals surface area contributed by atoms with Crippen molar-refractivity contribution in [3.8, 4) is 6.07 Å². The zero-order chi connectivity index (χ0) is 16.3. The minimum atomic E-state index is -0.0912. The summed E-state index contributed by atoms with van der Waals surface area (Å²) in [7, 11) is 0. The van der Waals surface area contributed by atoms with Gasteiger partial charge in [-0.05, 0) is 40.1 Å². The van der Waals surface area contributed by atoms with Crippen molar-refractivity contribution in [2.45, 2.75) is 61.3 Å². The molecule has 1 fully saturated rings. The molecule has 2 unspecified atom stereocenters. The van der Waals surface area contributed by atoms with E-state index in [0.717, 1.165) is 18.4 Å². The Morgan fingerprint density at radius 3 is 2.14 bits per heavy atom. The van der Waals surface area contributed by atoms with E-state index < -0.39 is 0 Å². The van der Waals surface area contributed by atoms with E-state index in [-0.39, 0.29) is 27.4 Å². The van der Waals surface area contributed by atoms with Gasteiger partial charge >= 0.3 is 0 Å². The molecule has 0 amide bonds. The summed E-state index contributed by atoms with van der Waals surface area (Å²) in [6.07, 6.45) is 4.36. The van der Waals surface area contributed by atoms with Crippen molar-refractivity contribution < 1.29 is 0 Å². The van der Waals surface area contributed by atoms with Gasteiger partial charge in [0.05, 0.1) is 12.6 Å². The van der Waals surface area contributed by atoms with Crippen LogP contribution in [0.15, 0.2) is 22.9 Å². The Bertz CT molecular complexity index is 612. The van der Waals surface area contributed by atoms with Crippen LogP contribution in [0.2, 0.25) is 0 Å². The zero-order valence-electron chi connectivity index (χ0n) is 14.4. The lowest BCUT2D eigenvalue weighted by Gasteiger charge is -2.55. The first-order valence-corrected chi connectivity index (χ1v) is 7.71. The van der Waals surface area contributed by atoms with Crippen LogP contribution in [0.5, 0.6) is 0 Å². The quantitative estimate of drug-likeness (QED) is 0.426. The largest absolute Gasteiger partial charge is 0.265 e. The molecule has 0 heterocycles. The molecule has 0 aromatic carbocycles. The lowest BCUT2D eigenvalue weighted by molar-refractivity contribution is 0.0547. The molecule has 0 saturated heterocycles. The second-order valence-corrected chi connectivity index (χ2v) is 8.58. The summed E-state index contributed by atoms with van der Waals surface area (Å²) in [5.74, 6) is 0. The van der Waals surface area contributed by atoms with Crippen LogP contribution in [0.1, 0.15) is 61.3 Å². The summed E-state index contributed by atoms with van der Waals surface area (Å²) in [4.78, 5) is 3.52. The van der Waals surface area contributed by atoms with Gasteiger partial charge in [-0.3, -0.25) is 0 Å². The van der Waals surface area contributed by atoms with Gasteiger partial charge in [0.15, 0.2) is 0 Å². The fourth-order valence-electron chi connectivity index (χ4n) is 4.66. The lowest BCUT2D eigenvalue weighted by atomic mass is 9.48. The van der Waals surface area contributed by atoms with E-state index in [1.54, 1.807) is 0 Å². The van der Waals surface area contributed by atoms with Gasteiger partial charge in [0.2, 0.25) is 0 Å². The van der Waals surface area contributed by atoms with E-state index in [9.17, 15) is 5.26 Å². The van der Waals surface area contributed by atoms with Gasteiger partial charge in [0.25, 0.3) is 5.70 Å². The minimum Gasteiger partial charge on any atom is -0.226 e. The molecule has 2 atom stereocenters. The number of rotatable bonds is 0. The molecule has 2 heteroatoms. The maximum absolute atomic E-state index is 9.39. The smallest absolute Gasteiger partial charge is 0.226 e. The molecule has 0 aliphatic heterocycles. The fourth-order valence-corrected chi connectivity index (χ4v) is 4.66. The van der Waals surface area contributed by atoms with E-state index in [2.05, 4.69) is 65.5 Å². The van der Waals surface area contributed by atoms with Gasteiger partial charge in [-0.1, -0.05) is 60.1 Å². The number of nitrogens with zero attached hydrogens (tertiary/aromatic N) is 2. The summed E-state index contributed by atoms with van der Waals surface area (Å²) in [5.41, 5.74) is 2.76. The third kappa shape index (κ3) is 1.75. The molecule has 2 bridgehead atoms. The SMILES string of the molecule is [C-]#[N+]/C(C#N)=C1\C=C(C(C)(C)C)C2(C)CCC1(C)C2(C)C. The third-order valence-electron chi connectivity index (χ3n) is 6.64. The standard InChI is InChI=1S/C19H26N2/c1-16(2,3)15-11-13(14(12-20)21-8)18(6)9-10-19(15,7)17(18,4)5/h11H,9-10H2,1-7H3/b14-13+. The first-order valence-electron chi connectivity index (χ1n) is 7.71. The van der Waals surface area contributed by atoms with Crippen LogP contribution in [-0.4, -0.2) is 0 Å². The second kappa shape index (κ2) is 4.23. The van der Waals surface area contributed by atoms with E-state index in [1.807, 2.05) is 0 Å². The molecule has 2 nitrogen and oxygen atoms in total. The number of allylic oxidation sites excluding steroid dienone is 4. The maximum atomic E-state index is 9.39. The van der Waals surface area contributed by atoms with Crippen LogP contribution in [0, 0.1) is 39.6 Å². The maximum Gasteiger partial charge on any atom is 0.265 e. The van der Waals surface area contributed by atoms with E-state index >= 15 is 0 Å². The van der Waals surface area contributed by atoms with Crippen molar-refractivity contribution in [2.75, 3.05) is 0 Å². The molecule has 2 aliphatic carbocycles. The van der Waals surface area contributed by atoms with Crippen molar-refractivity contribution in [2.24, 2.45) is 21.7 Å². The molecular formula is C19H26N2. The third-order valence-corrected chi connectivity index (χ3v) is 6.64. The molecule has 0 N–H and O–H groups in total. The van der Waals surface area contributed by atoms with Crippen LogP contribution in [0.25, 0.3) is 4.85 Å². The summed E-state index contributed by atoms with van der Waals surface area (Å²) in [6, 6.07) is 2.13. The van der Waals surface area contributed by atoms with E-state index in [1.165, 1.54) is 5.57 Å². The van der Waals surface area contributed by atoms with Crippen LogP contribution < -0.4 is 0 Å². The van der Waals surface area contributed by atoms with Gasteiger partial charge in [-0.15, -0.1) is 0 Å². The van der Waals surface area contributed by atoms with Crippen LogP contribution in [-0.2, 0) is 0 Å². The molecule has 0 radical (unpaired) electrons. The summed E-state index contributed by atoms with van der Waals surface area (Å²) < 4.78 is 0. The minimum absolute atomic E-state index is 0.0412. The topological polar surface area (TPSA) is 28.1 Å². The number of fused-ring (bicyclic) bond motifs is 2. The summed E-state index contributed by atoms with van der Waals surface area (Å²) >= 11 is 0. The van der Waals surface area contributed by atoms with Gasteiger partial charge in [0, 0.05) is 0 Å². The highest BCUT2D eigenvalue weighted by molar-refractivity contribution is 5.52. The highest BCUT2D eigenvalue weighted by atomic mass is 14.7. The molecular weight excluding hydrogens is 256 g/mol. The molecule has 21 heavy (non-hydrogen) atoms. The van der Waals surface area contributed by atoms with Gasteiger partial charge in [0.1, 0.15) is 0 Å². The Balaban J connectivity index is 2.90. The highest BCUT2D eigenvalue weighted by Gasteiger charge is 2.64. The molecule has 0 spiro atoms. The summed E-state index contributed by atoms with van der Waals surface area (Å²) in [6.45, 7) is 23.3. The molecule has 112 valence electrons. The van der Waals surface area contributed by atoms with Crippen LogP contribution >= 0.6 is 0 Å². The van der Waals surface area contributed by atoms with E-state index in [4.69, 9.17) is 6.57 Å². The first-order chi connectivity index (χ1) is 9.45. The first kappa shape index (κ1) is 15.8. The van der Waals surface area contributed by atoms with Gasteiger partial charge in [-0.25, -0.2) is 10.1 Å². The molecule has 0 aromatic heterocycles. The Labute approximate surface area is 129 Å². The van der Waals surface area contributed by atoms with Crippen molar-refractivity contribution in [1.29, 1.82) is 5.26 Å². The average molecular weight is 282 g/mol. The Kier molecular flexibility index (Phi) is 3.19. The van der Waals surface area contributed by atoms with Crippen molar-refractivity contribution in [3.63, 3.8) is 0 Å². The lowest BCUT2D eigenvalue weighted by Crippen LogP contribution is -2.47. The molecule has 2 rings (SSSR count). The van der Waals surface area contributed by atoms with Crippen molar-refractivity contribution in [3.05, 3.63) is 34.3 Å². The molecule has 2 aliphatic rings. The monoisotopic (exact) mass is 282 g/mol. The molecule has 1 saturated carbocycles. The predicted molar refractivity (Wildman–Crippen MR) is 86.0 cm³/mol. The number of hydrogen-bond donors (Lipinski definition) is 0. The predicted octanol–water partition coefficient (Wildman–Crippen LogP) is 5.50. The van der Waals surface area contributed by atoms with Crippen molar-refractivity contribution >= 4 is 0 Å². The zero-order valence-corrected chi connectivity index (χ0v) is 14.4. The average Bonchev–Trinajstić information content (AvgIpc) is 2.49. The normalized spacial score (nSPS) is 36.5. The number of nitriles is 1. The Morgan fingerprint density at radius 2 is 1.71 bits per heavy atom. The van der Waals surface area contributed by atoms with Crippen LogP contribution in [0.4, 0.5) is 0 Å². The Hall–Kier alpha value is -1.54. The fraction of sp³-hybridized carbons (Fsp3) is 0.684. The van der Waals surface area contributed by atoms with E-state index in [0.29, 0.717) is 0 Å². The van der Waals surface area contributed by atoms with Crippen LogP contribution in [0.3, 0.4) is 0 Å². The second-order valence-electron chi connectivity index (χ2n) is 8.58. The summed E-state index contributed by atoms with van der Waals surface area (Å²) in [5, 5.41) is 9.39.